The average molecular weight is 293 g/mol. The van der Waals surface area contributed by atoms with E-state index < -0.39 is 5.54 Å². The van der Waals surface area contributed by atoms with E-state index in [0.717, 1.165) is 24.1 Å². The molecule has 1 aliphatic heterocycles. The molecular formula is C15H17ClN2O2. The summed E-state index contributed by atoms with van der Waals surface area (Å²) in [4.78, 5) is 26.4. The molecule has 1 aliphatic carbocycles. The first-order valence-corrected chi connectivity index (χ1v) is 7.19. The molecule has 1 aromatic carbocycles. The molecular weight excluding hydrogens is 276 g/mol. The summed E-state index contributed by atoms with van der Waals surface area (Å²) in [7, 11) is 0. The van der Waals surface area contributed by atoms with Crippen LogP contribution >= 0.6 is 11.6 Å². The summed E-state index contributed by atoms with van der Waals surface area (Å²) in [5, 5.41) is 3.48. The molecule has 0 bridgehead atoms. The standard InChI is InChI=1S/C15H17ClN2O2/c1-9-11(16)4-3-5-12(9)18-8-13(19)17-15(2,14(18)20)10-6-7-10/h3-5,10H,6-8H2,1-2H3,(H,17,19). The van der Waals surface area contributed by atoms with E-state index in [-0.39, 0.29) is 24.3 Å². The molecule has 1 heterocycles. The monoisotopic (exact) mass is 292 g/mol. The van der Waals surface area contributed by atoms with Gasteiger partial charge in [0, 0.05) is 10.7 Å². The van der Waals surface area contributed by atoms with Crippen molar-refractivity contribution in [1.82, 2.24) is 5.32 Å². The first-order chi connectivity index (χ1) is 9.43. The average Bonchev–Trinajstić information content (AvgIpc) is 3.22. The molecule has 2 fully saturated rings. The second-order valence-electron chi connectivity index (χ2n) is 5.80. The minimum atomic E-state index is -0.774. The number of hydrogen-bond donors (Lipinski definition) is 1. The highest BCUT2D eigenvalue weighted by molar-refractivity contribution is 6.31. The summed E-state index contributed by atoms with van der Waals surface area (Å²) in [5.74, 6) is 0.101. The number of carbonyl (C=O) groups excluding carboxylic acids is 2. The Labute approximate surface area is 123 Å². The van der Waals surface area contributed by atoms with Crippen molar-refractivity contribution in [3.63, 3.8) is 0 Å². The zero-order valence-electron chi connectivity index (χ0n) is 11.6. The summed E-state index contributed by atoms with van der Waals surface area (Å²) < 4.78 is 0. The number of piperazine rings is 1. The van der Waals surface area contributed by atoms with Gasteiger partial charge in [0.05, 0.1) is 0 Å². The van der Waals surface area contributed by atoms with Crippen LogP contribution < -0.4 is 10.2 Å². The smallest absolute Gasteiger partial charge is 0.253 e. The van der Waals surface area contributed by atoms with E-state index in [0.29, 0.717) is 5.02 Å². The van der Waals surface area contributed by atoms with E-state index in [9.17, 15) is 9.59 Å². The topological polar surface area (TPSA) is 49.4 Å². The van der Waals surface area contributed by atoms with Crippen LogP contribution in [0.5, 0.6) is 0 Å². The van der Waals surface area contributed by atoms with Crippen molar-refractivity contribution in [2.45, 2.75) is 32.2 Å². The van der Waals surface area contributed by atoms with Gasteiger partial charge in [-0.3, -0.25) is 9.59 Å². The molecule has 0 aromatic heterocycles. The molecule has 2 aliphatic rings. The summed E-state index contributed by atoms with van der Waals surface area (Å²) in [6, 6.07) is 5.43. The second-order valence-corrected chi connectivity index (χ2v) is 6.21. The van der Waals surface area contributed by atoms with Crippen LogP contribution in [0.25, 0.3) is 0 Å². The number of amides is 2. The fraction of sp³-hybridized carbons (Fsp3) is 0.467. The Bertz CT molecular complexity index is 598. The number of benzene rings is 1. The van der Waals surface area contributed by atoms with Crippen LogP contribution in [0.15, 0.2) is 18.2 Å². The van der Waals surface area contributed by atoms with Crippen LogP contribution in [0.3, 0.4) is 0 Å². The van der Waals surface area contributed by atoms with Crippen molar-refractivity contribution in [3.05, 3.63) is 28.8 Å². The SMILES string of the molecule is Cc1c(Cl)cccc1N1CC(=O)NC(C)(C2CC2)C1=O. The van der Waals surface area contributed by atoms with Crippen LogP contribution in [0.1, 0.15) is 25.3 Å². The molecule has 0 spiro atoms. The number of nitrogens with zero attached hydrogens (tertiary/aromatic N) is 1. The van der Waals surface area contributed by atoms with Crippen molar-refractivity contribution in [2.24, 2.45) is 5.92 Å². The Kier molecular flexibility index (Phi) is 3.01. The van der Waals surface area contributed by atoms with Gasteiger partial charge < -0.3 is 10.2 Å². The van der Waals surface area contributed by atoms with Crippen LogP contribution in [0.2, 0.25) is 5.02 Å². The lowest BCUT2D eigenvalue weighted by atomic mass is 9.91. The van der Waals surface area contributed by atoms with Gasteiger partial charge in [-0.25, -0.2) is 0 Å². The van der Waals surface area contributed by atoms with Crippen molar-refractivity contribution >= 4 is 29.1 Å². The van der Waals surface area contributed by atoms with Crippen LogP contribution in [0.4, 0.5) is 5.69 Å². The van der Waals surface area contributed by atoms with Gasteiger partial charge in [0.15, 0.2) is 0 Å². The van der Waals surface area contributed by atoms with E-state index in [1.165, 1.54) is 0 Å². The number of anilines is 1. The summed E-state index contributed by atoms with van der Waals surface area (Å²) in [6.45, 7) is 3.76. The molecule has 106 valence electrons. The van der Waals surface area contributed by atoms with Gasteiger partial charge in [-0.05, 0) is 50.3 Å². The molecule has 2 amide bonds. The lowest BCUT2D eigenvalue weighted by Gasteiger charge is -2.40. The zero-order valence-corrected chi connectivity index (χ0v) is 12.3. The number of hydrogen-bond acceptors (Lipinski definition) is 2. The van der Waals surface area contributed by atoms with Gasteiger partial charge in [-0.15, -0.1) is 0 Å². The third-order valence-corrected chi connectivity index (χ3v) is 4.72. The third-order valence-electron chi connectivity index (χ3n) is 4.31. The van der Waals surface area contributed by atoms with Gasteiger partial charge in [0.25, 0.3) is 5.91 Å². The molecule has 4 nitrogen and oxygen atoms in total. The van der Waals surface area contributed by atoms with Gasteiger partial charge >= 0.3 is 0 Å². The fourth-order valence-corrected chi connectivity index (χ4v) is 3.07. The molecule has 20 heavy (non-hydrogen) atoms. The van der Waals surface area contributed by atoms with Crippen LogP contribution in [-0.2, 0) is 9.59 Å². The largest absolute Gasteiger partial charge is 0.340 e. The molecule has 1 saturated heterocycles. The predicted molar refractivity (Wildman–Crippen MR) is 77.8 cm³/mol. The minimum Gasteiger partial charge on any atom is -0.340 e. The lowest BCUT2D eigenvalue weighted by molar-refractivity contribution is -0.136. The highest BCUT2D eigenvalue weighted by atomic mass is 35.5. The van der Waals surface area contributed by atoms with E-state index in [2.05, 4.69) is 5.32 Å². The molecule has 1 aromatic rings. The number of rotatable bonds is 2. The Balaban J connectivity index is 2.02. The molecule has 0 radical (unpaired) electrons. The van der Waals surface area contributed by atoms with Crippen LogP contribution in [-0.4, -0.2) is 23.9 Å². The van der Waals surface area contributed by atoms with Gasteiger partial charge in [-0.2, -0.15) is 0 Å². The molecule has 5 heteroatoms. The number of nitrogens with one attached hydrogen (secondary N) is 1. The molecule has 1 saturated carbocycles. The zero-order chi connectivity index (χ0) is 14.5. The molecule has 3 rings (SSSR count). The van der Waals surface area contributed by atoms with Crippen LogP contribution in [0, 0.1) is 12.8 Å². The number of halogens is 1. The summed E-state index contributed by atoms with van der Waals surface area (Å²) in [6.07, 6.45) is 1.98. The summed E-state index contributed by atoms with van der Waals surface area (Å²) >= 11 is 6.12. The lowest BCUT2D eigenvalue weighted by Crippen LogP contribution is -2.66. The van der Waals surface area contributed by atoms with Gasteiger partial charge in [0.1, 0.15) is 12.1 Å². The Morgan fingerprint density at radius 3 is 2.70 bits per heavy atom. The van der Waals surface area contributed by atoms with Crippen molar-refractivity contribution in [2.75, 3.05) is 11.4 Å². The molecule has 1 unspecified atom stereocenters. The van der Waals surface area contributed by atoms with E-state index in [1.54, 1.807) is 17.0 Å². The Morgan fingerprint density at radius 2 is 2.05 bits per heavy atom. The van der Waals surface area contributed by atoms with Crippen molar-refractivity contribution in [3.8, 4) is 0 Å². The Morgan fingerprint density at radius 1 is 1.35 bits per heavy atom. The Hall–Kier alpha value is -1.55. The normalized spacial score (nSPS) is 26.6. The molecule has 1 N–H and O–H groups in total. The van der Waals surface area contributed by atoms with Gasteiger partial charge in [-0.1, -0.05) is 17.7 Å². The van der Waals surface area contributed by atoms with E-state index in [4.69, 9.17) is 11.6 Å². The first kappa shape index (κ1) is 13.4. The second kappa shape index (κ2) is 4.48. The van der Waals surface area contributed by atoms with E-state index in [1.807, 2.05) is 19.9 Å². The number of carbonyl (C=O) groups is 2. The third kappa shape index (κ3) is 1.99. The highest BCUT2D eigenvalue weighted by Gasteiger charge is 2.53. The highest BCUT2D eigenvalue weighted by Crippen LogP contribution is 2.42. The maximum Gasteiger partial charge on any atom is 0.253 e. The predicted octanol–water partition coefficient (Wildman–Crippen LogP) is 2.28. The van der Waals surface area contributed by atoms with Gasteiger partial charge in [0.2, 0.25) is 5.91 Å². The van der Waals surface area contributed by atoms with Crippen molar-refractivity contribution in [1.29, 1.82) is 0 Å². The minimum absolute atomic E-state index is 0.0371. The fourth-order valence-electron chi connectivity index (χ4n) is 2.90. The first-order valence-electron chi connectivity index (χ1n) is 6.81. The molecule has 1 atom stereocenters. The van der Waals surface area contributed by atoms with E-state index >= 15 is 0 Å². The maximum absolute atomic E-state index is 12.8. The van der Waals surface area contributed by atoms with Crippen molar-refractivity contribution < 1.29 is 9.59 Å². The quantitative estimate of drug-likeness (QED) is 0.909. The summed E-state index contributed by atoms with van der Waals surface area (Å²) in [5.41, 5.74) is 0.781. The maximum atomic E-state index is 12.8.